The number of oxime groups is 1. The van der Waals surface area contributed by atoms with Gasteiger partial charge in [-0.2, -0.15) is 0 Å². The molecular weight excluding hydrogens is 166 g/mol. The van der Waals surface area contributed by atoms with Crippen LogP contribution in [0, 0.1) is 0 Å². The van der Waals surface area contributed by atoms with Gasteiger partial charge in [-0.15, -0.1) is 6.58 Å². The highest BCUT2D eigenvalue weighted by Gasteiger charge is 2.06. The molecule has 0 amide bonds. The van der Waals surface area contributed by atoms with Crippen LogP contribution in [0.15, 0.2) is 42.1 Å². The van der Waals surface area contributed by atoms with E-state index >= 15 is 0 Å². The molecule has 0 atom stereocenters. The minimum absolute atomic E-state index is 0.108. The minimum atomic E-state index is 0.108. The van der Waals surface area contributed by atoms with E-state index in [2.05, 4.69) is 11.7 Å². The molecule has 0 unspecified atom stereocenters. The number of benzene rings is 1. The molecule has 0 aliphatic rings. The maximum atomic E-state index is 9.41. The lowest BCUT2D eigenvalue weighted by molar-refractivity contribution is 0.318. The van der Waals surface area contributed by atoms with Crippen LogP contribution in [0.2, 0.25) is 0 Å². The lowest BCUT2D eigenvalue weighted by Crippen LogP contribution is -1.99. The molecule has 0 spiro atoms. The molecule has 68 valence electrons. The molecule has 0 heterocycles. The Labute approximate surface area is 76.6 Å². The molecule has 1 aromatic carbocycles. The average molecular weight is 177 g/mol. The third kappa shape index (κ3) is 2.08. The van der Waals surface area contributed by atoms with Crippen LogP contribution in [0.5, 0.6) is 5.75 Å². The van der Waals surface area contributed by atoms with Crippen LogP contribution in [-0.2, 0) is 0 Å². The first kappa shape index (κ1) is 9.32. The van der Waals surface area contributed by atoms with Gasteiger partial charge in [0.15, 0.2) is 0 Å². The van der Waals surface area contributed by atoms with E-state index in [1.54, 1.807) is 30.3 Å². The number of allylic oxidation sites excluding steroid dienone is 1. The fourth-order valence-electron chi connectivity index (χ4n) is 1.06. The van der Waals surface area contributed by atoms with Gasteiger partial charge in [-0.25, -0.2) is 0 Å². The van der Waals surface area contributed by atoms with Crippen molar-refractivity contribution in [1.82, 2.24) is 0 Å². The zero-order chi connectivity index (χ0) is 9.68. The molecule has 0 fully saturated rings. The molecule has 0 aliphatic carbocycles. The smallest absolute Gasteiger partial charge is 0.124 e. The van der Waals surface area contributed by atoms with E-state index in [0.717, 1.165) is 0 Å². The van der Waals surface area contributed by atoms with Crippen LogP contribution in [-0.4, -0.2) is 16.0 Å². The molecule has 0 saturated heterocycles. The highest BCUT2D eigenvalue weighted by Crippen LogP contribution is 2.17. The summed E-state index contributed by atoms with van der Waals surface area (Å²) in [4.78, 5) is 0. The molecule has 0 aromatic heterocycles. The fourth-order valence-corrected chi connectivity index (χ4v) is 1.06. The summed E-state index contributed by atoms with van der Waals surface area (Å²) in [6.07, 6.45) is 2.04. The van der Waals surface area contributed by atoms with Crippen molar-refractivity contribution in [2.45, 2.75) is 6.42 Å². The van der Waals surface area contributed by atoms with Crippen LogP contribution < -0.4 is 0 Å². The zero-order valence-corrected chi connectivity index (χ0v) is 7.14. The van der Waals surface area contributed by atoms with Gasteiger partial charge in [0.05, 0.1) is 5.71 Å². The average Bonchev–Trinajstić information content (AvgIpc) is 2.16. The summed E-state index contributed by atoms with van der Waals surface area (Å²) in [5, 5.41) is 21.2. The van der Waals surface area contributed by atoms with Gasteiger partial charge in [-0.1, -0.05) is 23.4 Å². The summed E-state index contributed by atoms with van der Waals surface area (Å²) in [5.74, 6) is 0.108. The molecule has 0 aliphatic heterocycles. The van der Waals surface area contributed by atoms with E-state index in [-0.39, 0.29) is 5.75 Å². The molecule has 0 saturated carbocycles. The van der Waals surface area contributed by atoms with Crippen molar-refractivity contribution in [2.24, 2.45) is 5.16 Å². The van der Waals surface area contributed by atoms with Crippen molar-refractivity contribution >= 4 is 5.71 Å². The van der Waals surface area contributed by atoms with Gasteiger partial charge in [0, 0.05) is 12.0 Å². The summed E-state index contributed by atoms with van der Waals surface area (Å²) >= 11 is 0. The Morgan fingerprint density at radius 3 is 2.69 bits per heavy atom. The lowest BCUT2D eigenvalue weighted by atomic mass is 10.1. The van der Waals surface area contributed by atoms with Gasteiger partial charge in [0.25, 0.3) is 0 Å². The second-order valence-corrected chi connectivity index (χ2v) is 2.56. The van der Waals surface area contributed by atoms with Gasteiger partial charge in [-0.05, 0) is 12.1 Å². The number of hydrogen-bond donors (Lipinski definition) is 2. The molecular formula is C10H11NO2. The summed E-state index contributed by atoms with van der Waals surface area (Å²) < 4.78 is 0. The normalized spacial score (nSPS) is 11.2. The van der Waals surface area contributed by atoms with Crippen molar-refractivity contribution < 1.29 is 10.3 Å². The molecule has 0 radical (unpaired) electrons. The largest absolute Gasteiger partial charge is 0.507 e. The number of rotatable bonds is 3. The fraction of sp³-hybridized carbons (Fsp3) is 0.100. The van der Waals surface area contributed by atoms with Gasteiger partial charge < -0.3 is 10.3 Å². The van der Waals surface area contributed by atoms with Crippen molar-refractivity contribution in [3.63, 3.8) is 0 Å². The second kappa shape index (κ2) is 4.30. The molecule has 3 nitrogen and oxygen atoms in total. The Morgan fingerprint density at radius 1 is 1.46 bits per heavy atom. The highest BCUT2D eigenvalue weighted by molar-refractivity contribution is 6.03. The van der Waals surface area contributed by atoms with E-state index in [1.807, 2.05) is 0 Å². The summed E-state index contributed by atoms with van der Waals surface area (Å²) in [6, 6.07) is 6.71. The van der Waals surface area contributed by atoms with E-state index in [4.69, 9.17) is 5.21 Å². The Morgan fingerprint density at radius 2 is 2.15 bits per heavy atom. The molecule has 2 N–H and O–H groups in total. The van der Waals surface area contributed by atoms with Gasteiger partial charge in [0.1, 0.15) is 5.75 Å². The molecule has 0 bridgehead atoms. The predicted octanol–water partition coefficient (Wildman–Crippen LogP) is 2.15. The Balaban J connectivity index is 3.05. The maximum absolute atomic E-state index is 9.41. The van der Waals surface area contributed by atoms with Crippen LogP contribution in [0.4, 0.5) is 0 Å². The first-order chi connectivity index (χ1) is 6.29. The zero-order valence-electron chi connectivity index (χ0n) is 7.14. The summed E-state index contributed by atoms with van der Waals surface area (Å²) in [5.41, 5.74) is 0.943. The van der Waals surface area contributed by atoms with E-state index < -0.39 is 0 Å². The van der Waals surface area contributed by atoms with Crippen LogP contribution >= 0.6 is 0 Å². The van der Waals surface area contributed by atoms with Crippen LogP contribution in [0.25, 0.3) is 0 Å². The van der Waals surface area contributed by atoms with E-state index in [1.165, 1.54) is 0 Å². The van der Waals surface area contributed by atoms with Gasteiger partial charge in [0.2, 0.25) is 0 Å². The topological polar surface area (TPSA) is 52.8 Å². The lowest BCUT2D eigenvalue weighted by Gasteiger charge is -2.03. The summed E-state index contributed by atoms with van der Waals surface area (Å²) in [7, 11) is 0. The molecule has 1 aromatic rings. The third-order valence-corrected chi connectivity index (χ3v) is 1.67. The van der Waals surface area contributed by atoms with E-state index in [0.29, 0.717) is 17.7 Å². The van der Waals surface area contributed by atoms with Crippen molar-refractivity contribution in [3.05, 3.63) is 42.5 Å². The number of phenols is 1. The van der Waals surface area contributed by atoms with Gasteiger partial charge >= 0.3 is 0 Å². The Kier molecular flexibility index (Phi) is 3.09. The number of phenolic OH excluding ortho intramolecular Hbond substituents is 1. The Hall–Kier alpha value is -1.77. The monoisotopic (exact) mass is 177 g/mol. The van der Waals surface area contributed by atoms with Crippen LogP contribution in [0.3, 0.4) is 0 Å². The van der Waals surface area contributed by atoms with Crippen molar-refractivity contribution in [3.8, 4) is 5.75 Å². The minimum Gasteiger partial charge on any atom is -0.507 e. The van der Waals surface area contributed by atoms with E-state index in [9.17, 15) is 5.11 Å². The van der Waals surface area contributed by atoms with Crippen LogP contribution in [0.1, 0.15) is 12.0 Å². The first-order valence-electron chi connectivity index (χ1n) is 3.89. The molecule has 1 rings (SSSR count). The predicted molar refractivity (Wildman–Crippen MR) is 51.2 cm³/mol. The molecule has 3 heteroatoms. The Bertz CT molecular complexity index is 331. The SMILES string of the molecule is C=CCC(=NO)c1ccccc1O. The second-order valence-electron chi connectivity index (χ2n) is 2.56. The number of hydrogen-bond acceptors (Lipinski definition) is 3. The van der Waals surface area contributed by atoms with Gasteiger partial charge in [-0.3, -0.25) is 0 Å². The number of aromatic hydroxyl groups is 1. The first-order valence-corrected chi connectivity index (χ1v) is 3.89. The quantitative estimate of drug-likeness (QED) is 0.321. The van der Waals surface area contributed by atoms with Crippen molar-refractivity contribution in [1.29, 1.82) is 0 Å². The summed E-state index contributed by atoms with van der Waals surface area (Å²) in [6.45, 7) is 3.53. The number of para-hydroxylation sites is 1. The maximum Gasteiger partial charge on any atom is 0.124 e. The number of nitrogens with zero attached hydrogens (tertiary/aromatic N) is 1. The van der Waals surface area contributed by atoms with Crippen molar-refractivity contribution in [2.75, 3.05) is 0 Å². The standard InChI is InChI=1S/C10H11NO2/c1-2-5-9(11-13)8-6-3-4-7-10(8)12/h2-4,6-7,12-13H,1,5H2. The highest BCUT2D eigenvalue weighted by atomic mass is 16.4. The third-order valence-electron chi connectivity index (χ3n) is 1.67. The molecule has 13 heavy (non-hydrogen) atoms.